The van der Waals surface area contributed by atoms with E-state index in [0.29, 0.717) is 19.6 Å². The highest BCUT2D eigenvalue weighted by Crippen LogP contribution is 2.19. The fraction of sp³-hybridized carbons (Fsp3) is 0.455. The Morgan fingerprint density at radius 3 is 2.63 bits per heavy atom. The standard InChI is InChI=1S/C22H30N4O3S/c1-4-6-7-18(15-29-5-2)26-30(27,28)19-10-8-17(9-11-19)14-21-22-20(12-13-23-21)24-16(3)25-22/h8-13,18,26H,4-7,14-15H2,1-3H3,(H,24,25). The largest absolute Gasteiger partial charge is 0.380 e. The molecule has 0 radical (unpaired) electrons. The molecule has 0 aliphatic carbocycles. The maximum Gasteiger partial charge on any atom is 0.240 e. The molecule has 2 N–H and O–H groups in total. The molecule has 1 aromatic carbocycles. The smallest absolute Gasteiger partial charge is 0.240 e. The fourth-order valence-electron chi connectivity index (χ4n) is 3.40. The van der Waals surface area contributed by atoms with Gasteiger partial charge < -0.3 is 9.72 Å². The molecule has 0 fully saturated rings. The van der Waals surface area contributed by atoms with Crippen molar-refractivity contribution in [2.45, 2.75) is 57.4 Å². The van der Waals surface area contributed by atoms with Crippen molar-refractivity contribution in [3.05, 3.63) is 53.6 Å². The van der Waals surface area contributed by atoms with Gasteiger partial charge in [-0.15, -0.1) is 0 Å². The first-order valence-corrected chi connectivity index (χ1v) is 11.9. The molecular formula is C22H30N4O3S. The molecular weight excluding hydrogens is 400 g/mol. The molecule has 1 unspecified atom stereocenters. The van der Waals surface area contributed by atoms with Crippen LogP contribution in [0.4, 0.5) is 0 Å². The lowest BCUT2D eigenvalue weighted by Gasteiger charge is -2.18. The number of fused-ring (bicyclic) bond motifs is 1. The van der Waals surface area contributed by atoms with Gasteiger partial charge in [0, 0.05) is 25.3 Å². The predicted octanol–water partition coefficient (Wildman–Crippen LogP) is 3.73. The van der Waals surface area contributed by atoms with Crippen LogP contribution in [0, 0.1) is 6.92 Å². The van der Waals surface area contributed by atoms with Crippen LogP contribution in [-0.4, -0.2) is 42.6 Å². The number of imidazole rings is 1. The zero-order valence-electron chi connectivity index (χ0n) is 17.8. The van der Waals surface area contributed by atoms with Crippen molar-refractivity contribution < 1.29 is 13.2 Å². The van der Waals surface area contributed by atoms with Gasteiger partial charge in [0.1, 0.15) is 11.3 Å². The minimum atomic E-state index is -3.60. The molecule has 0 saturated carbocycles. The van der Waals surface area contributed by atoms with Crippen molar-refractivity contribution in [3.8, 4) is 0 Å². The summed E-state index contributed by atoms with van der Waals surface area (Å²) in [7, 11) is -3.60. The quantitative estimate of drug-likeness (QED) is 0.483. The zero-order chi connectivity index (χ0) is 21.6. The summed E-state index contributed by atoms with van der Waals surface area (Å²) in [4.78, 5) is 12.4. The molecule has 0 bridgehead atoms. The lowest BCUT2D eigenvalue weighted by molar-refractivity contribution is 0.126. The van der Waals surface area contributed by atoms with Crippen LogP contribution in [0.1, 0.15) is 50.2 Å². The van der Waals surface area contributed by atoms with Gasteiger partial charge in [0.2, 0.25) is 10.0 Å². The summed E-state index contributed by atoms with van der Waals surface area (Å²) in [6, 6.07) is 8.63. The maximum absolute atomic E-state index is 12.8. The van der Waals surface area contributed by atoms with Crippen LogP contribution in [0.5, 0.6) is 0 Å². The summed E-state index contributed by atoms with van der Waals surface area (Å²) in [5.74, 6) is 0.844. The van der Waals surface area contributed by atoms with Crippen molar-refractivity contribution in [1.29, 1.82) is 0 Å². The van der Waals surface area contributed by atoms with Gasteiger partial charge in [-0.25, -0.2) is 18.1 Å². The van der Waals surface area contributed by atoms with Crippen LogP contribution in [0.3, 0.4) is 0 Å². The maximum atomic E-state index is 12.8. The van der Waals surface area contributed by atoms with Crippen LogP contribution < -0.4 is 4.72 Å². The minimum absolute atomic E-state index is 0.223. The van der Waals surface area contributed by atoms with E-state index in [9.17, 15) is 8.42 Å². The Kier molecular flexibility index (Phi) is 7.58. The molecule has 1 atom stereocenters. The van der Waals surface area contributed by atoms with E-state index >= 15 is 0 Å². The summed E-state index contributed by atoms with van der Waals surface area (Å²) in [6.45, 7) is 6.85. The first kappa shape index (κ1) is 22.4. The van der Waals surface area contributed by atoms with Crippen LogP contribution in [0.25, 0.3) is 11.0 Å². The molecule has 30 heavy (non-hydrogen) atoms. The molecule has 0 aliphatic heterocycles. The number of hydrogen-bond acceptors (Lipinski definition) is 5. The number of aromatic amines is 1. The number of nitrogens with zero attached hydrogens (tertiary/aromatic N) is 2. The van der Waals surface area contributed by atoms with Gasteiger partial charge in [-0.3, -0.25) is 4.98 Å². The number of H-pyrrole nitrogens is 1. The number of pyridine rings is 1. The molecule has 3 aromatic rings. The highest BCUT2D eigenvalue weighted by molar-refractivity contribution is 7.89. The second-order valence-corrected chi connectivity index (χ2v) is 9.13. The van der Waals surface area contributed by atoms with Crippen molar-refractivity contribution in [2.24, 2.45) is 0 Å². The Balaban J connectivity index is 1.73. The summed E-state index contributed by atoms with van der Waals surface area (Å²) >= 11 is 0. The number of hydrogen-bond donors (Lipinski definition) is 2. The van der Waals surface area contributed by atoms with E-state index in [1.807, 2.05) is 32.0 Å². The van der Waals surface area contributed by atoms with Gasteiger partial charge in [-0.05, 0) is 44.0 Å². The predicted molar refractivity (Wildman–Crippen MR) is 118 cm³/mol. The molecule has 0 saturated heterocycles. The number of benzene rings is 1. The van der Waals surface area contributed by atoms with E-state index in [2.05, 4.69) is 26.6 Å². The van der Waals surface area contributed by atoms with Gasteiger partial charge >= 0.3 is 0 Å². The van der Waals surface area contributed by atoms with Crippen molar-refractivity contribution >= 4 is 21.1 Å². The molecule has 0 spiro atoms. The van der Waals surface area contributed by atoms with Crippen molar-refractivity contribution in [2.75, 3.05) is 13.2 Å². The van der Waals surface area contributed by atoms with Gasteiger partial charge in [0.15, 0.2) is 0 Å². The molecule has 162 valence electrons. The SMILES string of the molecule is CCCCC(COCC)NS(=O)(=O)c1ccc(Cc2nccc3[nH]c(C)nc23)cc1. The van der Waals surface area contributed by atoms with Gasteiger partial charge in [-0.2, -0.15) is 0 Å². The van der Waals surface area contributed by atoms with Gasteiger partial charge in [0.05, 0.1) is 22.7 Å². The van der Waals surface area contributed by atoms with E-state index in [1.54, 1.807) is 18.3 Å². The van der Waals surface area contributed by atoms with E-state index in [4.69, 9.17) is 4.74 Å². The molecule has 0 aliphatic rings. The topological polar surface area (TPSA) is 97.0 Å². The number of ether oxygens (including phenoxy) is 1. The third kappa shape index (κ3) is 5.65. The van der Waals surface area contributed by atoms with E-state index in [-0.39, 0.29) is 10.9 Å². The van der Waals surface area contributed by atoms with Crippen LogP contribution in [0.15, 0.2) is 41.4 Å². The summed E-state index contributed by atoms with van der Waals surface area (Å²) in [5.41, 5.74) is 3.64. The number of sulfonamides is 1. The monoisotopic (exact) mass is 430 g/mol. The highest BCUT2D eigenvalue weighted by atomic mass is 32.2. The van der Waals surface area contributed by atoms with Crippen LogP contribution >= 0.6 is 0 Å². The molecule has 2 aromatic heterocycles. The Hall–Kier alpha value is -2.29. The Labute approximate surface area is 178 Å². The summed E-state index contributed by atoms with van der Waals surface area (Å²) in [6.07, 6.45) is 5.05. The number of aryl methyl sites for hydroxylation is 1. The number of rotatable bonds is 11. The molecule has 0 amide bonds. The Morgan fingerprint density at radius 2 is 1.93 bits per heavy atom. The van der Waals surface area contributed by atoms with Gasteiger partial charge in [-0.1, -0.05) is 31.9 Å². The van der Waals surface area contributed by atoms with Crippen LogP contribution in [-0.2, 0) is 21.2 Å². The third-order valence-corrected chi connectivity index (χ3v) is 6.49. The first-order chi connectivity index (χ1) is 14.4. The zero-order valence-corrected chi connectivity index (χ0v) is 18.6. The summed E-state index contributed by atoms with van der Waals surface area (Å²) < 4.78 is 33.9. The first-order valence-electron chi connectivity index (χ1n) is 10.4. The molecule has 7 nitrogen and oxygen atoms in total. The number of unbranched alkanes of at least 4 members (excludes halogenated alkanes) is 1. The Morgan fingerprint density at radius 1 is 1.17 bits per heavy atom. The second kappa shape index (κ2) is 10.1. The average Bonchev–Trinajstić information content (AvgIpc) is 3.11. The molecule has 8 heteroatoms. The molecule has 2 heterocycles. The fourth-order valence-corrected chi connectivity index (χ4v) is 4.65. The lowest BCUT2D eigenvalue weighted by Crippen LogP contribution is -2.38. The van der Waals surface area contributed by atoms with Crippen LogP contribution in [0.2, 0.25) is 0 Å². The highest BCUT2D eigenvalue weighted by Gasteiger charge is 2.20. The van der Waals surface area contributed by atoms with Crippen molar-refractivity contribution in [3.63, 3.8) is 0 Å². The number of aromatic nitrogens is 3. The Bertz CT molecular complexity index is 1050. The average molecular weight is 431 g/mol. The van der Waals surface area contributed by atoms with E-state index in [0.717, 1.165) is 47.4 Å². The number of nitrogens with one attached hydrogen (secondary N) is 2. The summed E-state index contributed by atoms with van der Waals surface area (Å²) in [5, 5.41) is 0. The van der Waals surface area contributed by atoms with E-state index < -0.39 is 10.0 Å². The second-order valence-electron chi connectivity index (χ2n) is 7.42. The van der Waals surface area contributed by atoms with Gasteiger partial charge in [0.25, 0.3) is 0 Å². The third-order valence-electron chi connectivity index (χ3n) is 4.95. The minimum Gasteiger partial charge on any atom is -0.380 e. The van der Waals surface area contributed by atoms with E-state index in [1.165, 1.54) is 0 Å². The normalized spacial score (nSPS) is 13.0. The van der Waals surface area contributed by atoms with Crippen molar-refractivity contribution in [1.82, 2.24) is 19.7 Å². The lowest BCUT2D eigenvalue weighted by atomic mass is 10.1. The molecule has 3 rings (SSSR count).